The summed E-state index contributed by atoms with van der Waals surface area (Å²) in [4.78, 5) is 17.3. The highest BCUT2D eigenvalue weighted by molar-refractivity contribution is 7.89. The van der Waals surface area contributed by atoms with Gasteiger partial charge in [0, 0.05) is 62.7 Å². The number of nitrogens with zero attached hydrogens (tertiary/aromatic N) is 4. The van der Waals surface area contributed by atoms with Crippen LogP contribution in [0.3, 0.4) is 0 Å². The Hall–Kier alpha value is -2.03. The maximum absolute atomic E-state index is 13.5. The maximum Gasteiger partial charge on any atom is 0.270 e. The van der Waals surface area contributed by atoms with Crippen LogP contribution in [0.25, 0.3) is 0 Å². The van der Waals surface area contributed by atoms with Crippen LogP contribution >= 0.6 is 11.6 Å². The van der Waals surface area contributed by atoms with Crippen molar-refractivity contribution in [2.45, 2.75) is 31.6 Å². The Bertz CT molecular complexity index is 1100. The molecule has 0 unspecified atom stereocenters. The number of piperazine rings is 1. The number of carbonyl (C=O) groups is 1. The summed E-state index contributed by atoms with van der Waals surface area (Å²) in [6.45, 7) is 7.35. The molecule has 7 nitrogen and oxygen atoms in total. The summed E-state index contributed by atoms with van der Waals surface area (Å²) in [5, 5.41) is 0.665. The number of hydrogen-bond acceptors (Lipinski definition) is 4. The van der Waals surface area contributed by atoms with E-state index in [4.69, 9.17) is 11.6 Å². The third-order valence-corrected chi connectivity index (χ3v) is 9.06. The van der Waals surface area contributed by atoms with Crippen LogP contribution in [-0.4, -0.2) is 67.4 Å². The molecule has 1 aromatic heterocycles. The van der Waals surface area contributed by atoms with Gasteiger partial charge in [-0.25, -0.2) is 8.42 Å². The van der Waals surface area contributed by atoms with E-state index in [2.05, 4.69) is 11.8 Å². The van der Waals surface area contributed by atoms with Crippen LogP contribution in [-0.2, 0) is 17.1 Å². The van der Waals surface area contributed by atoms with Crippen molar-refractivity contribution in [2.75, 3.05) is 44.2 Å². The van der Waals surface area contributed by atoms with E-state index in [0.717, 1.165) is 31.6 Å². The summed E-state index contributed by atoms with van der Waals surface area (Å²) in [6.07, 6.45) is 1.97. The minimum absolute atomic E-state index is 0.0882. The second kappa shape index (κ2) is 9.08. The first-order valence-electron chi connectivity index (χ1n) is 11.1. The second-order valence-electron chi connectivity index (χ2n) is 8.88. The molecule has 0 saturated carbocycles. The third-order valence-electron chi connectivity index (χ3n) is 6.81. The van der Waals surface area contributed by atoms with Crippen molar-refractivity contribution < 1.29 is 13.2 Å². The predicted molar refractivity (Wildman–Crippen MR) is 127 cm³/mol. The van der Waals surface area contributed by atoms with Crippen LogP contribution in [0.15, 0.2) is 35.2 Å². The molecular formula is C23H31ClN4O3S. The zero-order chi connectivity index (χ0) is 23.0. The summed E-state index contributed by atoms with van der Waals surface area (Å²) in [5.74, 6) is 0.533. The Balaban J connectivity index is 1.51. The standard InChI is InChI=1S/C23H31ClN4O3S/c1-17-7-9-27(10-8-17)23(29)21-16-22(18(2)25(21)3)32(30,31)28-13-11-26(12-14-28)20-6-4-5-19(24)15-20/h4-6,15-17H,7-14H2,1-3H3. The van der Waals surface area contributed by atoms with Crippen LogP contribution in [0.5, 0.6) is 0 Å². The van der Waals surface area contributed by atoms with Crippen LogP contribution < -0.4 is 4.90 Å². The molecular weight excluding hydrogens is 448 g/mol. The molecule has 0 spiro atoms. The number of aromatic nitrogens is 1. The molecule has 32 heavy (non-hydrogen) atoms. The lowest BCUT2D eigenvalue weighted by atomic mass is 9.99. The average Bonchev–Trinajstić information content (AvgIpc) is 3.09. The van der Waals surface area contributed by atoms with Gasteiger partial charge in [-0.15, -0.1) is 0 Å². The molecule has 0 N–H and O–H groups in total. The predicted octanol–water partition coefficient (Wildman–Crippen LogP) is 3.37. The first-order valence-corrected chi connectivity index (χ1v) is 13.0. The van der Waals surface area contributed by atoms with E-state index in [9.17, 15) is 13.2 Å². The molecule has 0 atom stereocenters. The van der Waals surface area contributed by atoms with Gasteiger partial charge in [0.15, 0.2) is 0 Å². The van der Waals surface area contributed by atoms with E-state index in [1.54, 1.807) is 24.6 Å². The van der Waals surface area contributed by atoms with Gasteiger partial charge in [-0.05, 0) is 49.9 Å². The van der Waals surface area contributed by atoms with Gasteiger partial charge in [0.05, 0.1) is 0 Å². The molecule has 2 aliphatic rings. The lowest BCUT2D eigenvalue weighted by Crippen LogP contribution is -2.48. The number of anilines is 1. The van der Waals surface area contributed by atoms with Crippen molar-refractivity contribution in [2.24, 2.45) is 13.0 Å². The zero-order valence-electron chi connectivity index (χ0n) is 18.9. The number of halogens is 1. The lowest BCUT2D eigenvalue weighted by Gasteiger charge is -2.35. The first-order chi connectivity index (χ1) is 15.2. The number of likely N-dealkylation sites (tertiary alicyclic amines) is 1. The second-order valence-corrected chi connectivity index (χ2v) is 11.2. The summed E-state index contributed by atoms with van der Waals surface area (Å²) in [5.41, 5.74) is 2.03. The quantitative estimate of drug-likeness (QED) is 0.675. The molecule has 0 bridgehead atoms. The number of amides is 1. The van der Waals surface area contributed by atoms with Crippen molar-refractivity contribution in [3.8, 4) is 0 Å². The van der Waals surface area contributed by atoms with Gasteiger partial charge in [-0.2, -0.15) is 4.31 Å². The normalized spacial score (nSPS) is 18.9. The highest BCUT2D eigenvalue weighted by atomic mass is 35.5. The Labute approximate surface area is 195 Å². The number of hydrogen-bond donors (Lipinski definition) is 0. The fourth-order valence-electron chi connectivity index (χ4n) is 4.51. The highest BCUT2D eigenvalue weighted by Gasteiger charge is 2.33. The number of sulfonamides is 1. The molecule has 2 aliphatic heterocycles. The maximum atomic E-state index is 13.5. The minimum atomic E-state index is -3.69. The smallest absolute Gasteiger partial charge is 0.270 e. The molecule has 0 aliphatic carbocycles. The van der Waals surface area contributed by atoms with E-state index in [-0.39, 0.29) is 10.8 Å². The van der Waals surface area contributed by atoms with E-state index in [1.165, 1.54) is 4.31 Å². The molecule has 174 valence electrons. The summed E-state index contributed by atoms with van der Waals surface area (Å²) in [6, 6.07) is 9.17. The molecule has 2 fully saturated rings. The van der Waals surface area contributed by atoms with Crippen LogP contribution in [0.2, 0.25) is 5.02 Å². The molecule has 9 heteroatoms. The highest BCUT2D eigenvalue weighted by Crippen LogP contribution is 2.28. The third kappa shape index (κ3) is 4.40. The molecule has 2 aromatic rings. The topological polar surface area (TPSA) is 65.9 Å². The van der Waals surface area contributed by atoms with Crippen molar-refractivity contribution in [1.29, 1.82) is 0 Å². The SMILES string of the molecule is Cc1c(S(=O)(=O)N2CCN(c3cccc(Cl)c3)CC2)cc(C(=O)N2CCC(C)CC2)n1C. The van der Waals surface area contributed by atoms with Crippen molar-refractivity contribution in [3.63, 3.8) is 0 Å². The lowest BCUT2D eigenvalue weighted by molar-refractivity contribution is 0.0687. The van der Waals surface area contributed by atoms with Gasteiger partial charge >= 0.3 is 0 Å². The number of rotatable bonds is 4. The Morgan fingerprint density at radius 3 is 2.31 bits per heavy atom. The molecule has 4 rings (SSSR count). The molecule has 3 heterocycles. The summed E-state index contributed by atoms with van der Waals surface area (Å²) >= 11 is 6.10. The van der Waals surface area contributed by atoms with Gasteiger partial charge in [0.1, 0.15) is 10.6 Å². The fraction of sp³-hybridized carbons (Fsp3) is 0.522. The number of piperidine rings is 1. The van der Waals surface area contributed by atoms with Crippen molar-refractivity contribution in [1.82, 2.24) is 13.8 Å². The number of benzene rings is 1. The largest absolute Gasteiger partial charge is 0.369 e. The Morgan fingerprint density at radius 2 is 1.69 bits per heavy atom. The Kier molecular flexibility index (Phi) is 6.56. The molecule has 2 saturated heterocycles. The summed E-state index contributed by atoms with van der Waals surface area (Å²) < 4.78 is 30.2. The van der Waals surface area contributed by atoms with E-state index < -0.39 is 10.0 Å². The molecule has 0 radical (unpaired) electrons. The van der Waals surface area contributed by atoms with Gasteiger partial charge < -0.3 is 14.4 Å². The number of carbonyl (C=O) groups excluding carboxylic acids is 1. The van der Waals surface area contributed by atoms with E-state index in [1.807, 2.05) is 29.2 Å². The summed E-state index contributed by atoms with van der Waals surface area (Å²) in [7, 11) is -1.92. The molecule has 1 aromatic carbocycles. The van der Waals surface area contributed by atoms with Gasteiger partial charge in [-0.3, -0.25) is 4.79 Å². The van der Waals surface area contributed by atoms with Crippen molar-refractivity contribution >= 4 is 33.2 Å². The monoisotopic (exact) mass is 478 g/mol. The van der Waals surface area contributed by atoms with Crippen LogP contribution in [0.4, 0.5) is 5.69 Å². The average molecular weight is 479 g/mol. The van der Waals surface area contributed by atoms with Crippen LogP contribution in [0, 0.1) is 12.8 Å². The van der Waals surface area contributed by atoms with Crippen LogP contribution in [0.1, 0.15) is 35.9 Å². The molecule has 1 amide bonds. The van der Waals surface area contributed by atoms with Crippen molar-refractivity contribution in [3.05, 3.63) is 46.7 Å². The van der Waals surface area contributed by atoms with E-state index >= 15 is 0 Å². The zero-order valence-corrected chi connectivity index (χ0v) is 20.5. The minimum Gasteiger partial charge on any atom is -0.369 e. The van der Waals surface area contributed by atoms with E-state index in [0.29, 0.717) is 48.5 Å². The van der Waals surface area contributed by atoms with Gasteiger partial charge in [-0.1, -0.05) is 24.6 Å². The first kappa shape index (κ1) is 23.1. The fourth-order valence-corrected chi connectivity index (χ4v) is 6.39. The van der Waals surface area contributed by atoms with Gasteiger partial charge in [0.2, 0.25) is 10.0 Å². The Morgan fingerprint density at radius 1 is 1.03 bits per heavy atom. The van der Waals surface area contributed by atoms with Gasteiger partial charge in [0.25, 0.3) is 5.91 Å².